The largest absolute Gasteiger partial charge is 0.307 e. The summed E-state index contributed by atoms with van der Waals surface area (Å²) in [7, 11) is 0. The summed E-state index contributed by atoms with van der Waals surface area (Å²) in [6, 6.07) is 82.2. The van der Waals surface area contributed by atoms with Crippen molar-refractivity contribution in [3.05, 3.63) is 277 Å². The first-order valence-corrected chi connectivity index (χ1v) is 24.9. The number of benzene rings is 11. The van der Waals surface area contributed by atoms with Crippen molar-refractivity contribution in [3.8, 4) is 55.6 Å². The quantitative estimate of drug-likeness (QED) is 0.135. The maximum Gasteiger partial charge on any atom is 0.148 e. The maximum absolute atomic E-state index is 17.5. The van der Waals surface area contributed by atoms with Crippen molar-refractivity contribution in [1.82, 2.24) is 0 Å². The minimum absolute atomic E-state index is 0.312. The molecule has 0 atom stereocenters. The molecule has 0 amide bonds. The van der Waals surface area contributed by atoms with Crippen LogP contribution in [0.2, 0.25) is 0 Å². The van der Waals surface area contributed by atoms with E-state index in [0.29, 0.717) is 11.4 Å². The van der Waals surface area contributed by atoms with E-state index in [9.17, 15) is 0 Å². The molecule has 0 unspecified atom stereocenters. The lowest BCUT2D eigenvalue weighted by molar-refractivity contribution is 0.629. The molecule has 11 aromatic carbocycles. The van der Waals surface area contributed by atoms with Crippen molar-refractivity contribution < 1.29 is 8.78 Å². The minimum atomic E-state index is -0.432. The third-order valence-electron chi connectivity index (χ3n) is 14.7. The van der Waals surface area contributed by atoms with Crippen LogP contribution in [0.1, 0.15) is 36.1 Å². The maximum atomic E-state index is 17.5. The highest BCUT2D eigenvalue weighted by atomic mass is 19.1. The summed E-state index contributed by atoms with van der Waals surface area (Å²) in [5.41, 5.74) is 17.9. The molecule has 0 saturated carbocycles. The molecule has 0 bridgehead atoms. The zero-order chi connectivity index (χ0) is 49.8. The zero-order valence-electron chi connectivity index (χ0n) is 41.2. The first-order chi connectivity index (χ1) is 35.6. The summed E-state index contributed by atoms with van der Waals surface area (Å²) in [5, 5.41) is 2.13. The Kier molecular flexibility index (Phi) is 11.4. The summed E-state index contributed by atoms with van der Waals surface area (Å²) < 4.78 is 34.9. The fourth-order valence-electron chi connectivity index (χ4n) is 10.9. The molecule has 0 fully saturated rings. The van der Waals surface area contributed by atoms with Gasteiger partial charge < -0.3 is 9.80 Å². The molecule has 0 saturated heterocycles. The van der Waals surface area contributed by atoms with Gasteiger partial charge in [0.05, 0.1) is 11.4 Å². The number of anilines is 6. The molecule has 352 valence electrons. The Morgan fingerprint density at radius 1 is 0.301 bits per heavy atom. The van der Waals surface area contributed by atoms with E-state index in [1.165, 1.54) is 11.1 Å². The van der Waals surface area contributed by atoms with Crippen LogP contribution in [0.4, 0.5) is 42.9 Å². The van der Waals surface area contributed by atoms with Gasteiger partial charge >= 0.3 is 0 Å². The van der Waals surface area contributed by atoms with E-state index in [0.717, 1.165) is 100 Å². The van der Waals surface area contributed by atoms with Crippen LogP contribution in [0.15, 0.2) is 243 Å². The van der Waals surface area contributed by atoms with Crippen LogP contribution in [0, 0.1) is 25.5 Å². The summed E-state index contributed by atoms with van der Waals surface area (Å²) in [6.45, 7) is 8.71. The molecule has 2 nitrogen and oxygen atoms in total. The Labute approximate surface area is 426 Å². The molecule has 1 aliphatic carbocycles. The SMILES string of the molecule is Cc1ccc(N(c2ccc3c(c2)C(C)(C)c2cc4cc(N(c5ccc(C)cc5)c5c(F)cc(-c6ccccc6)cc5-c5ccccc5)ccc4cc2-3)c2c(F)cc(-c3ccccc3)cc2-c2ccccc2)cc1. The molecule has 11 aromatic rings. The second-order valence-electron chi connectivity index (χ2n) is 19.8. The molecule has 4 heteroatoms. The van der Waals surface area contributed by atoms with Crippen molar-refractivity contribution in [2.75, 3.05) is 9.80 Å². The van der Waals surface area contributed by atoms with E-state index < -0.39 is 5.41 Å². The molecule has 0 aliphatic heterocycles. The molecule has 0 spiro atoms. The van der Waals surface area contributed by atoms with Gasteiger partial charge in [-0.25, -0.2) is 8.78 Å². The highest BCUT2D eigenvalue weighted by molar-refractivity contribution is 5.99. The van der Waals surface area contributed by atoms with Gasteiger partial charge in [-0.2, -0.15) is 0 Å². The predicted octanol–water partition coefficient (Wildman–Crippen LogP) is 19.6. The van der Waals surface area contributed by atoms with Crippen LogP contribution < -0.4 is 9.80 Å². The molecular formula is C69H52F2N2. The van der Waals surface area contributed by atoms with E-state index in [2.05, 4.69) is 171 Å². The van der Waals surface area contributed by atoms with Crippen LogP contribution in [0.5, 0.6) is 0 Å². The lowest BCUT2D eigenvalue weighted by atomic mass is 9.81. The van der Waals surface area contributed by atoms with Crippen LogP contribution in [0.3, 0.4) is 0 Å². The number of nitrogens with zero attached hydrogens (tertiary/aromatic N) is 2. The fraction of sp³-hybridized carbons (Fsp3) is 0.0725. The summed E-state index contributed by atoms with van der Waals surface area (Å²) in [5.74, 6) is -0.627. The summed E-state index contributed by atoms with van der Waals surface area (Å²) in [4.78, 5) is 4.16. The number of rotatable bonds is 10. The first-order valence-electron chi connectivity index (χ1n) is 24.9. The van der Waals surface area contributed by atoms with Gasteiger partial charge in [0.1, 0.15) is 11.6 Å². The Balaban J connectivity index is 0.998. The molecule has 12 rings (SSSR count). The second-order valence-corrected chi connectivity index (χ2v) is 19.8. The molecule has 0 radical (unpaired) electrons. The van der Waals surface area contributed by atoms with E-state index in [-0.39, 0.29) is 11.6 Å². The predicted molar refractivity (Wildman–Crippen MR) is 302 cm³/mol. The van der Waals surface area contributed by atoms with E-state index in [4.69, 9.17) is 0 Å². The van der Waals surface area contributed by atoms with Gasteiger partial charge in [0.25, 0.3) is 0 Å². The highest BCUT2D eigenvalue weighted by Crippen LogP contribution is 2.54. The normalized spacial score (nSPS) is 12.4. The lowest BCUT2D eigenvalue weighted by Crippen LogP contribution is -2.17. The Hall–Kier alpha value is -8.86. The third kappa shape index (κ3) is 8.25. The molecule has 1 aliphatic rings. The van der Waals surface area contributed by atoms with Crippen molar-refractivity contribution >= 4 is 44.9 Å². The van der Waals surface area contributed by atoms with Crippen LogP contribution in [-0.4, -0.2) is 0 Å². The highest BCUT2D eigenvalue weighted by Gasteiger charge is 2.37. The smallest absolute Gasteiger partial charge is 0.148 e. The number of aryl methyl sites for hydroxylation is 2. The Morgan fingerprint density at radius 3 is 1.16 bits per heavy atom. The molecule has 0 N–H and O–H groups in total. The molecule has 73 heavy (non-hydrogen) atoms. The van der Waals surface area contributed by atoms with Crippen molar-refractivity contribution in [1.29, 1.82) is 0 Å². The fourth-order valence-corrected chi connectivity index (χ4v) is 10.9. The number of fused-ring (bicyclic) bond motifs is 4. The number of hydrogen-bond acceptors (Lipinski definition) is 2. The van der Waals surface area contributed by atoms with Gasteiger partial charge in [0.15, 0.2) is 0 Å². The second kappa shape index (κ2) is 18.4. The van der Waals surface area contributed by atoms with Gasteiger partial charge in [0.2, 0.25) is 0 Å². The minimum Gasteiger partial charge on any atom is -0.307 e. The first kappa shape index (κ1) is 45.3. The lowest BCUT2D eigenvalue weighted by Gasteiger charge is -2.30. The Morgan fingerprint density at radius 2 is 0.699 bits per heavy atom. The van der Waals surface area contributed by atoms with Gasteiger partial charge in [-0.3, -0.25) is 0 Å². The Bertz CT molecular complexity index is 3830. The van der Waals surface area contributed by atoms with Crippen molar-refractivity contribution in [2.24, 2.45) is 0 Å². The van der Waals surface area contributed by atoms with Crippen LogP contribution >= 0.6 is 0 Å². The zero-order valence-corrected chi connectivity index (χ0v) is 41.2. The number of halogens is 2. The average molecular weight is 947 g/mol. The molecule has 0 heterocycles. The van der Waals surface area contributed by atoms with Crippen molar-refractivity contribution in [2.45, 2.75) is 33.1 Å². The monoisotopic (exact) mass is 946 g/mol. The van der Waals surface area contributed by atoms with Gasteiger partial charge in [-0.05, 0) is 165 Å². The average Bonchev–Trinajstić information content (AvgIpc) is 3.64. The van der Waals surface area contributed by atoms with Crippen molar-refractivity contribution in [3.63, 3.8) is 0 Å². The molecule has 0 aromatic heterocycles. The van der Waals surface area contributed by atoms with Crippen LogP contribution in [0.25, 0.3) is 66.4 Å². The number of hydrogen-bond donors (Lipinski definition) is 0. The molecular weight excluding hydrogens is 895 g/mol. The van der Waals surface area contributed by atoms with Gasteiger partial charge in [-0.15, -0.1) is 0 Å². The summed E-state index contributed by atoms with van der Waals surface area (Å²) in [6.07, 6.45) is 0. The van der Waals surface area contributed by atoms with Gasteiger partial charge in [0, 0.05) is 39.3 Å². The van der Waals surface area contributed by atoms with Gasteiger partial charge in [-0.1, -0.05) is 183 Å². The summed E-state index contributed by atoms with van der Waals surface area (Å²) >= 11 is 0. The third-order valence-corrected chi connectivity index (χ3v) is 14.7. The standard InChI is InChI=1S/C69H52F2N2/c1-45-25-30-55(31-26-45)72(67-60(49-21-13-7-14-22-49)39-53(42-65(67)70)47-17-9-5-10-18-47)57-34-29-51-38-62-59-36-35-58(44-64(59)69(3,4)63(62)41-52(51)37-57)73(56-32-27-46(2)28-33-56)68-61(50-23-15-8-16-24-50)40-54(43-66(68)71)48-19-11-6-12-20-48/h5-44H,1-4H3. The van der Waals surface area contributed by atoms with E-state index in [1.807, 2.05) is 97.1 Å². The van der Waals surface area contributed by atoms with Crippen LogP contribution in [-0.2, 0) is 5.41 Å². The van der Waals surface area contributed by atoms with E-state index in [1.54, 1.807) is 12.1 Å². The van der Waals surface area contributed by atoms with E-state index >= 15 is 8.78 Å². The topological polar surface area (TPSA) is 6.48 Å².